The lowest BCUT2D eigenvalue weighted by Crippen LogP contribution is -2.40. The van der Waals surface area contributed by atoms with Gasteiger partial charge in [0.15, 0.2) is 0 Å². The Morgan fingerprint density at radius 1 is 1.18 bits per heavy atom. The van der Waals surface area contributed by atoms with Crippen LogP contribution >= 0.6 is 23.7 Å². The molecule has 1 aliphatic heterocycles. The average molecular weight is 435 g/mol. The topological polar surface area (TPSA) is 41.6 Å². The van der Waals surface area contributed by atoms with Crippen molar-refractivity contribution in [3.05, 3.63) is 41.3 Å². The highest BCUT2D eigenvalue weighted by Gasteiger charge is 2.31. The first kappa shape index (κ1) is 22.5. The van der Waals surface area contributed by atoms with Gasteiger partial charge in [-0.05, 0) is 74.3 Å². The van der Waals surface area contributed by atoms with E-state index >= 15 is 0 Å². The molecule has 1 N–H and O–H groups in total. The summed E-state index contributed by atoms with van der Waals surface area (Å²) in [6, 6.07) is 9.27. The van der Waals surface area contributed by atoms with Gasteiger partial charge in [0.05, 0.1) is 4.88 Å². The van der Waals surface area contributed by atoms with Crippen LogP contribution in [0.4, 0.5) is 13.2 Å². The molecular weight excluding hydrogens is 413 g/mol. The predicted molar refractivity (Wildman–Crippen MR) is 106 cm³/mol. The molecule has 4 nitrogen and oxygen atoms in total. The Balaban J connectivity index is 0.00000280. The molecule has 0 aliphatic carbocycles. The van der Waals surface area contributed by atoms with E-state index in [-0.39, 0.29) is 24.1 Å². The maximum Gasteiger partial charge on any atom is 0.573 e. The number of alkyl halides is 3. The standard InChI is InChI=1S/C19H21F3N2O2S.ClH/c1-23-12-13-8-10-24(11-9-13)18(25)17-7-6-16(27-17)14-2-4-15(5-3-14)26-19(20,21)22;/h2-7,13,23H,8-12H2,1H3;1H. The van der Waals surface area contributed by atoms with E-state index in [0.717, 1.165) is 42.9 Å². The molecule has 1 amide bonds. The van der Waals surface area contributed by atoms with Crippen molar-refractivity contribution in [1.82, 2.24) is 10.2 Å². The number of rotatable bonds is 5. The summed E-state index contributed by atoms with van der Waals surface area (Å²) in [4.78, 5) is 16.1. The van der Waals surface area contributed by atoms with E-state index in [9.17, 15) is 18.0 Å². The Hall–Kier alpha value is -1.77. The maximum atomic E-state index is 12.7. The van der Waals surface area contributed by atoms with Crippen LogP contribution < -0.4 is 10.1 Å². The molecule has 1 fully saturated rings. The van der Waals surface area contributed by atoms with Crippen LogP contribution in [0.15, 0.2) is 36.4 Å². The molecule has 0 spiro atoms. The molecule has 28 heavy (non-hydrogen) atoms. The van der Waals surface area contributed by atoms with Crippen LogP contribution in [0.25, 0.3) is 10.4 Å². The summed E-state index contributed by atoms with van der Waals surface area (Å²) in [5.74, 6) is 0.366. The number of carbonyl (C=O) groups excluding carboxylic acids is 1. The Morgan fingerprint density at radius 2 is 1.82 bits per heavy atom. The summed E-state index contributed by atoms with van der Waals surface area (Å²) < 4.78 is 40.6. The molecule has 0 bridgehead atoms. The van der Waals surface area contributed by atoms with E-state index in [1.807, 2.05) is 18.0 Å². The number of amides is 1. The zero-order valence-electron chi connectivity index (χ0n) is 15.3. The Morgan fingerprint density at radius 3 is 2.39 bits per heavy atom. The minimum Gasteiger partial charge on any atom is -0.406 e. The van der Waals surface area contributed by atoms with Crippen LogP contribution in [0.3, 0.4) is 0 Å². The molecule has 0 saturated carbocycles. The molecule has 1 aliphatic rings. The lowest BCUT2D eigenvalue weighted by atomic mass is 9.97. The van der Waals surface area contributed by atoms with Crippen LogP contribution in [-0.2, 0) is 0 Å². The van der Waals surface area contributed by atoms with Gasteiger partial charge in [0.25, 0.3) is 5.91 Å². The molecule has 1 aromatic heterocycles. The van der Waals surface area contributed by atoms with Crippen molar-refractivity contribution in [2.24, 2.45) is 5.92 Å². The quantitative estimate of drug-likeness (QED) is 0.734. The number of benzene rings is 1. The Kier molecular flexibility index (Phi) is 7.74. The third kappa shape index (κ3) is 5.86. The number of hydrogen-bond donors (Lipinski definition) is 1. The molecule has 9 heteroatoms. The molecule has 2 aromatic rings. The SMILES string of the molecule is CNCC1CCN(C(=O)c2ccc(-c3ccc(OC(F)(F)F)cc3)s2)CC1.Cl. The number of halogens is 4. The van der Waals surface area contributed by atoms with E-state index < -0.39 is 6.36 Å². The minimum atomic E-state index is -4.70. The summed E-state index contributed by atoms with van der Waals surface area (Å²) in [6.45, 7) is 2.48. The summed E-state index contributed by atoms with van der Waals surface area (Å²) in [5, 5.41) is 3.18. The number of nitrogens with zero attached hydrogens (tertiary/aromatic N) is 1. The second-order valence-corrected chi connectivity index (χ2v) is 7.61. The molecule has 1 aromatic carbocycles. The third-order valence-corrected chi connectivity index (χ3v) is 5.71. The first-order valence-corrected chi connectivity index (χ1v) is 9.57. The molecule has 0 unspecified atom stereocenters. The molecule has 154 valence electrons. The van der Waals surface area contributed by atoms with Crippen molar-refractivity contribution >= 4 is 29.7 Å². The van der Waals surface area contributed by atoms with E-state index in [2.05, 4.69) is 10.1 Å². The molecule has 3 rings (SSSR count). The number of carbonyl (C=O) groups is 1. The van der Waals surface area contributed by atoms with Crippen LogP contribution in [0.1, 0.15) is 22.5 Å². The number of nitrogens with one attached hydrogen (secondary N) is 1. The van der Waals surface area contributed by atoms with Gasteiger partial charge < -0.3 is 15.0 Å². The van der Waals surface area contributed by atoms with E-state index in [1.54, 1.807) is 18.2 Å². The summed E-state index contributed by atoms with van der Waals surface area (Å²) in [5.41, 5.74) is 0.751. The third-order valence-electron chi connectivity index (χ3n) is 4.58. The van der Waals surface area contributed by atoms with Crippen molar-refractivity contribution < 1.29 is 22.7 Å². The van der Waals surface area contributed by atoms with Crippen molar-refractivity contribution in [1.29, 1.82) is 0 Å². The van der Waals surface area contributed by atoms with Crippen LogP contribution in [0.5, 0.6) is 5.75 Å². The van der Waals surface area contributed by atoms with Gasteiger partial charge in [-0.1, -0.05) is 0 Å². The summed E-state index contributed by atoms with van der Waals surface area (Å²) in [7, 11) is 1.94. The van der Waals surface area contributed by atoms with Gasteiger partial charge in [0, 0.05) is 18.0 Å². The second kappa shape index (κ2) is 9.62. The van der Waals surface area contributed by atoms with E-state index in [4.69, 9.17) is 0 Å². The van der Waals surface area contributed by atoms with Crippen molar-refractivity contribution in [2.75, 3.05) is 26.7 Å². The normalized spacial score (nSPS) is 15.2. The highest BCUT2D eigenvalue weighted by molar-refractivity contribution is 7.17. The second-order valence-electron chi connectivity index (χ2n) is 6.53. The summed E-state index contributed by atoms with van der Waals surface area (Å²) >= 11 is 1.35. The molecule has 0 atom stereocenters. The molecule has 2 heterocycles. The fourth-order valence-corrected chi connectivity index (χ4v) is 4.19. The number of hydrogen-bond acceptors (Lipinski definition) is 4. The maximum absolute atomic E-state index is 12.7. The zero-order chi connectivity index (χ0) is 19.4. The summed E-state index contributed by atoms with van der Waals surface area (Å²) in [6.07, 6.45) is -2.72. The first-order chi connectivity index (χ1) is 12.9. The van der Waals surface area contributed by atoms with Crippen LogP contribution in [0.2, 0.25) is 0 Å². The lowest BCUT2D eigenvalue weighted by molar-refractivity contribution is -0.274. The van der Waals surface area contributed by atoms with Gasteiger partial charge in [0.2, 0.25) is 0 Å². The van der Waals surface area contributed by atoms with E-state index in [0.29, 0.717) is 10.8 Å². The van der Waals surface area contributed by atoms with Gasteiger partial charge >= 0.3 is 6.36 Å². The van der Waals surface area contributed by atoms with Crippen molar-refractivity contribution in [3.8, 4) is 16.2 Å². The lowest BCUT2D eigenvalue weighted by Gasteiger charge is -2.31. The Labute approximate surface area is 172 Å². The largest absolute Gasteiger partial charge is 0.573 e. The van der Waals surface area contributed by atoms with E-state index in [1.165, 1.54) is 23.5 Å². The van der Waals surface area contributed by atoms with Gasteiger partial charge in [-0.15, -0.1) is 36.9 Å². The monoisotopic (exact) mass is 434 g/mol. The first-order valence-electron chi connectivity index (χ1n) is 8.75. The fraction of sp³-hybridized carbons (Fsp3) is 0.421. The van der Waals surface area contributed by atoms with Crippen LogP contribution in [0, 0.1) is 5.92 Å². The number of likely N-dealkylation sites (tertiary alicyclic amines) is 1. The Bertz CT molecular complexity index is 772. The van der Waals surface area contributed by atoms with Crippen molar-refractivity contribution in [2.45, 2.75) is 19.2 Å². The number of thiophene rings is 1. The predicted octanol–water partition coefficient (Wildman–Crippen LogP) is 4.81. The highest BCUT2D eigenvalue weighted by atomic mass is 35.5. The van der Waals surface area contributed by atoms with Gasteiger partial charge in [-0.25, -0.2) is 0 Å². The number of piperidine rings is 1. The smallest absolute Gasteiger partial charge is 0.406 e. The minimum absolute atomic E-state index is 0. The highest BCUT2D eigenvalue weighted by Crippen LogP contribution is 2.32. The zero-order valence-corrected chi connectivity index (χ0v) is 16.9. The fourth-order valence-electron chi connectivity index (χ4n) is 3.21. The molecule has 0 radical (unpaired) electrons. The van der Waals surface area contributed by atoms with Crippen LogP contribution in [-0.4, -0.2) is 43.9 Å². The van der Waals surface area contributed by atoms with Gasteiger partial charge in [-0.2, -0.15) is 0 Å². The number of ether oxygens (including phenoxy) is 1. The average Bonchev–Trinajstić information content (AvgIpc) is 3.11. The van der Waals surface area contributed by atoms with Gasteiger partial charge in [0.1, 0.15) is 5.75 Å². The molecule has 1 saturated heterocycles. The van der Waals surface area contributed by atoms with Crippen molar-refractivity contribution in [3.63, 3.8) is 0 Å². The van der Waals surface area contributed by atoms with Gasteiger partial charge in [-0.3, -0.25) is 4.79 Å². The molecular formula is C19H22ClF3N2O2S.